The van der Waals surface area contributed by atoms with Crippen LogP contribution < -0.4 is 5.32 Å². The van der Waals surface area contributed by atoms with E-state index in [9.17, 15) is 9.59 Å². The Balaban J connectivity index is 1.33. The predicted octanol–water partition coefficient (Wildman–Crippen LogP) is 4.76. The molecule has 0 aliphatic carbocycles. The van der Waals surface area contributed by atoms with E-state index >= 15 is 0 Å². The van der Waals surface area contributed by atoms with Gasteiger partial charge in [-0.25, -0.2) is 4.79 Å². The van der Waals surface area contributed by atoms with Crippen LogP contribution in [0.25, 0.3) is 11.7 Å². The topological polar surface area (TPSA) is 107 Å². The van der Waals surface area contributed by atoms with E-state index in [2.05, 4.69) is 31.4 Å². The Morgan fingerprint density at radius 1 is 1.07 bits per heavy atom. The lowest BCUT2D eigenvalue weighted by Crippen LogP contribution is -2.10. The normalized spacial score (nSPS) is 10.7. The van der Waals surface area contributed by atoms with Crippen molar-refractivity contribution in [3.63, 3.8) is 0 Å². The average molecular weight is 474 g/mol. The van der Waals surface area contributed by atoms with Crippen molar-refractivity contribution in [3.05, 3.63) is 74.9 Å². The molecule has 29 heavy (non-hydrogen) atoms. The van der Waals surface area contributed by atoms with Crippen molar-refractivity contribution >= 4 is 44.8 Å². The molecule has 146 valence electrons. The molecule has 1 aromatic carbocycles. The lowest BCUT2D eigenvalue weighted by atomic mass is 10.2. The quantitative estimate of drug-likeness (QED) is 0.402. The van der Waals surface area contributed by atoms with Gasteiger partial charge >= 0.3 is 5.97 Å². The standard InChI is InChI=1S/C19H12BrN3O5S/c20-15-8-7-13(27-15)18-23-22-16(28-18)10-26-19(25)11-3-5-12(6-4-11)21-17(24)14-2-1-9-29-14/h1-9H,10H2,(H,21,24). The zero-order valence-electron chi connectivity index (χ0n) is 14.6. The van der Waals surface area contributed by atoms with Crippen LogP contribution in [0.4, 0.5) is 5.69 Å². The molecule has 0 spiro atoms. The van der Waals surface area contributed by atoms with Crippen molar-refractivity contribution in [2.45, 2.75) is 6.61 Å². The fourth-order valence-corrected chi connectivity index (χ4v) is 3.27. The van der Waals surface area contributed by atoms with Crippen molar-refractivity contribution in [1.82, 2.24) is 10.2 Å². The Morgan fingerprint density at radius 2 is 1.90 bits per heavy atom. The smallest absolute Gasteiger partial charge is 0.338 e. The van der Waals surface area contributed by atoms with E-state index < -0.39 is 5.97 Å². The molecule has 0 radical (unpaired) electrons. The number of hydrogen-bond donors (Lipinski definition) is 1. The Morgan fingerprint density at radius 3 is 2.59 bits per heavy atom. The molecule has 0 fully saturated rings. The molecular weight excluding hydrogens is 462 g/mol. The van der Waals surface area contributed by atoms with Crippen molar-refractivity contribution in [2.24, 2.45) is 0 Å². The van der Waals surface area contributed by atoms with Crippen LogP contribution >= 0.6 is 27.3 Å². The summed E-state index contributed by atoms with van der Waals surface area (Å²) >= 11 is 4.54. The average Bonchev–Trinajstić information content (AvgIpc) is 3.48. The Bertz CT molecular complexity index is 1140. The summed E-state index contributed by atoms with van der Waals surface area (Å²) < 4.78 is 16.5. The van der Waals surface area contributed by atoms with Crippen LogP contribution in [0.1, 0.15) is 25.9 Å². The largest absolute Gasteiger partial charge is 0.452 e. The van der Waals surface area contributed by atoms with Crippen LogP contribution in [0.15, 0.2) is 67.4 Å². The molecule has 0 unspecified atom stereocenters. The van der Waals surface area contributed by atoms with Gasteiger partial charge in [0.1, 0.15) is 0 Å². The fourth-order valence-electron chi connectivity index (χ4n) is 2.34. The van der Waals surface area contributed by atoms with Crippen LogP contribution in [0, 0.1) is 0 Å². The number of nitrogens with one attached hydrogen (secondary N) is 1. The molecule has 10 heteroatoms. The highest BCUT2D eigenvalue weighted by Gasteiger charge is 2.15. The van der Waals surface area contributed by atoms with Gasteiger partial charge < -0.3 is 18.9 Å². The molecule has 3 heterocycles. The van der Waals surface area contributed by atoms with E-state index in [1.807, 2.05) is 5.38 Å². The molecule has 4 aromatic rings. The number of carbonyl (C=O) groups is 2. The van der Waals surface area contributed by atoms with Crippen LogP contribution in [-0.4, -0.2) is 22.1 Å². The summed E-state index contributed by atoms with van der Waals surface area (Å²) in [5, 5.41) is 12.3. The first kappa shape index (κ1) is 19.1. The summed E-state index contributed by atoms with van der Waals surface area (Å²) in [7, 11) is 0. The maximum Gasteiger partial charge on any atom is 0.338 e. The highest BCUT2D eigenvalue weighted by molar-refractivity contribution is 9.10. The van der Waals surface area contributed by atoms with Gasteiger partial charge in [-0.2, -0.15) is 0 Å². The molecule has 1 amide bonds. The number of carbonyl (C=O) groups excluding carboxylic acids is 2. The molecule has 8 nitrogen and oxygen atoms in total. The van der Waals surface area contributed by atoms with Crippen molar-refractivity contribution in [1.29, 1.82) is 0 Å². The molecule has 1 N–H and O–H groups in total. The maximum atomic E-state index is 12.2. The van der Waals surface area contributed by atoms with Crippen LogP contribution in [0.3, 0.4) is 0 Å². The van der Waals surface area contributed by atoms with E-state index in [0.717, 1.165) is 0 Å². The first-order chi connectivity index (χ1) is 14.1. The highest BCUT2D eigenvalue weighted by Crippen LogP contribution is 2.24. The predicted molar refractivity (Wildman–Crippen MR) is 108 cm³/mol. The zero-order chi connectivity index (χ0) is 20.2. The molecule has 0 saturated heterocycles. The van der Waals surface area contributed by atoms with E-state index in [1.165, 1.54) is 11.3 Å². The number of furan rings is 1. The minimum absolute atomic E-state index is 0.140. The number of hydrogen-bond acceptors (Lipinski definition) is 8. The minimum atomic E-state index is -0.554. The number of aromatic nitrogens is 2. The zero-order valence-corrected chi connectivity index (χ0v) is 17.0. The van der Waals surface area contributed by atoms with E-state index in [-0.39, 0.29) is 24.3 Å². The van der Waals surface area contributed by atoms with Crippen molar-refractivity contribution in [2.75, 3.05) is 5.32 Å². The van der Waals surface area contributed by atoms with E-state index in [4.69, 9.17) is 13.6 Å². The lowest BCUT2D eigenvalue weighted by molar-refractivity contribution is 0.0438. The molecule has 0 saturated carbocycles. The first-order valence-electron chi connectivity index (χ1n) is 8.28. The van der Waals surface area contributed by atoms with Crippen molar-refractivity contribution < 1.29 is 23.2 Å². The van der Waals surface area contributed by atoms with Crippen molar-refractivity contribution in [3.8, 4) is 11.7 Å². The van der Waals surface area contributed by atoms with Gasteiger partial charge in [0.05, 0.1) is 10.4 Å². The van der Waals surface area contributed by atoms with Gasteiger partial charge in [0.25, 0.3) is 17.7 Å². The number of esters is 1. The van der Waals surface area contributed by atoms with Gasteiger partial charge in [-0.15, -0.1) is 21.5 Å². The monoisotopic (exact) mass is 473 g/mol. The summed E-state index contributed by atoms with van der Waals surface area (Å²) in [5.41, 5.74) is 0.903. The third-order valence-electron chi connectivity index (χ3n) is 3.70. The number of anilines is 1. The van der Waals surface area contributed by atoms with Gasteiger partial charge in [-0.3, -0.25) is 4.79 Å². The first-order valence-corrected chi connectivity index (χ1v) is 9.96. The summed E-state index contributed by atoms with van der Waals surface area (Å²) in [4.78, 5) is 24.8. The van der Waals surface area contributed by atoms with E-state index in [1.54, 1.807) is 48.5 Å². The SMILES string of the molecule is O=C(OCc1nnc(-c2ccc(Br)o2)o1)c1ccc(NC(=O)c2cccs2)cc1. The molecule has 0 atom stereocenters. The van der Waals surface area contributed by atoms with Gasteiger partial charge in [0.15, 0.2) is 17.0 Å². The lowest BCUT2D eigenvalue weighted by Gasteiger charge is -2.05. The summed E-state index contributed by atoms with van der Waals surface area (Å²) in [6.45, 7) is -0.176. The molecule has 0 aliphatic heterocycles. The van der Waals surface area contributed by atoms with Gasteiger partial charge in [-0.1, -0.05) is 6.07 Å². The maximum absolute atomic E-state index is 12.2. The summed E-state index contributed by atoms with van der Waals surface area (Å²) in [6.07, 6.45) is 0. The number of ether oxygens (including phenoxy) is 1. The van der Waals surface area contributed by atoms with Crippen LogP contribution in [0.2, 0.25) is 0 Å². The molecule has 4 rings (SSSR count). The number of rotatable bonds is 6. The highest BCUT2D eigenvalue weighted by atomic mass is 79.9. The number of benzene rings is 1. The van der Waals surface area contributed by atoms with Crippen LogP contribution in [-0.2, 0) is 11.3 Å². The Kier molecular flexibility index (Phi) is 5.54. The summed E-state index contributed by atoms with van der Waals surface area (Å²) in [5.74, 6) is -0.0249. The Labute approximate surface area is 176 Å². The minimum Gasteiger partial charge on any atom is -0.452 e. The third kappa shape index (κ3) is 4.61. The molecular formula is C19H12BrN3O5S. The molecule has 0 bridgehead atoms. The second-order valence-corrected chi connectivity index (χ2v) is 7.42. The van der Waals surface area contributed by atoms with E-state index in [0.29, 0.717) is 26.6 Å². The van der Waals surface area contributed by atoms with Crippen LogP contribution in [0.5, 0.6) is 0 Å². The van der Waals surface area contributed by atoms with Gasteiger partial charge in [0.2, 0.25) is 0 Å². The second-order valence-electron chi connectivity index (χ2n) is 5.69. The number of nitrogens with zero attached hydrogens (tertiary/aromatic N) is 2. The number of thiophene rings is 1. The van der Waals surface area contributed by atoms with Gasteiger partial charge in [-0.05, 0) is 63.8 Å². The molecule has 0 aliphatic rings. The van der Waals surface area contributed by atoms with Gasteiger partial charge in [0, 0.05) is 5.69 Å². The number of halogens is 1. The third-order valence-corrected chi connectivity index (χ3v) is 5.00. The molecule has 3 aromatic heterocycles. The second kappa shape index (κ2) is 8.41. The fraction of sp³-hybridized carbons (Fsp3) is 0.0526. The number of amides is 1. The Hall–Kier alpha value is -3.24. The summed E-state index contributed by atoms with van der Waals surface area (Å²) in [6, 6.07) is 13.3.